The van der Waals surface area contributed by atoms with Crippen LogP contribution in [-0.2, 0) is 0 Å². The second kappa shape index (κ2) is 6.80. The van der Waals surface area contributed by atoms with Crippen LogP contribution in [0.4, 0.5) is 0 Å². The second-order valence-electron chi connectivity index (χ2n) is 7.47. The molecule has 0 atom stereocenters. The van der Waals surface area contributed by atoms with Gasteiger partial charge in [0.2, 0.25) is 5.88 Å². The molecule has 0 aliphatic heterocycles. The first-order valence-corrected chi connectivity index (χ1v) is 9.79. The van der Waals surface area contributed by atoms with Gasteiger partial charge in [-0.05, 0) is 31.0 Å². The number of carbonyl (C=O) groups is 1. The summed E-state index contributed by atoms with van der Waals surface area (Å²) in [5.41, 5.74) is 2.63. The molecule has 1 aromatic carbocycles. The van der Waals surface area contributed by atoms with Crippen molar-refractivity contribution in [3.05, 3.63) is 42.5 Å². The average Bonchev–Trinajstić information content (AvgIpc) is 3.48. The zero-order valence-electron chi connectivity index (χ0n) is 15.7. The van der Waals surface area contributed by atoms with Crippen molar-refractivity contribution < 1.29 is 15.0 Å². The standard InChI is InChI=1S/C21H21N5O3/c27-18(12-4-2-1-3-5-12)16-17(20-22-8-9-23-20)26(21(29)19(16)28)13-6-7-14-15(10-13)25-11-24-14/h6-12,28-29H,1-5H2,(H,22,23)(H,24,25). The Labute approximate surface area is 166 Å². The van der Waals surface area contributed by atoms with E-state index in [4.69, 9.17) is 0 Å². The monoisotopic (exact) mass is 391 g/mol. The van der Waals surface area contributed by atoms with E-state index < -0.39 is 5.75 Å². The summed E-state index contributed by atoms with van der Waals surface area (Å²) in [6.07, 6.45) is 9.52. The van der Waals surface area contributed by atoms with Gasteiger partial charge in [-0.3, -0.25) is 9.36 Å². The van der Waals surface area contributed by atoms with Gasteiger partial charge in [-0.2, -0.15) is 0 Å². The topological polar surface area (TPSA) is 120 Å². The molecule has 0 radical (unpaired) electrons. The van der Waals surface area contributed by atoms with Gasteiger partial charge in [-0.1, -0.05) is 19.3 Å². The van der Waals surface area contributed by atoms with Crippen LogP contribution in [0.25, 0.3) is 28.2 Å². The van der Waals surface area contributed by atoms with Crippen molar-refractivity contribution >= 4 is 16.8 Å². The predicted molar refractivity (Wildman–Crippen MR) is 107 cm³/mol. The Morgan fingerprint density at radius 2 is 1.93 bits per heavy atom. The van der Waals surface area contributed by atoms with Crippen LogP contribution in [0.5, 0.6) is 11.6 Å². The number of benzene rings is 1. The van der Waals surface area contributed by atoms with Gasteiger partial charge in [-0.15, -0.1) is 0 Å². The van der Waals surface area contributed by atoms with E-state index in [0.717, 1.165) is 43.1 Å². The van der Waals surface area contributed by atoms with E-state index in [1.54, 1.807) is 24.8 Å². The Morgan fingerprint density at radius 1 is 1.10 bits per heavy atom. The Balaban J connectivity index is 1.73. The average molecular weight is 391 g/mol. The number of ketones is 1. The van der Waals surface area contributed by atoms with Gasteiger partial charge in [0.05, 0.1) is 28.6 Å². The van der Waals surface area contributed by atoms with Crippen LogP contribution in [0.15, 0.2) is 36.9 Å². The van der Waals surface area contributed by atoms with Gasteiger partial charge in [0.15, 0.2) is 17.4 Å². The molecule has 1 saturated carbocycles. The summed E-state index contributed by atoms with van der Waals surface area (Å²) in [6, 6.07) is 5.40. The third-order valence-corrected chi connectivity index (χ3v) is 5.73. The number of carbonyl (C=O) groups excluding carboxylic acids is 1. The minimum absolute atomic E-state index is 0.119. The number of aromatic amines is 2. The van der Waals surface area contributed by atoms with Crippen molar-refractivity contribution in [3.63, 3.8) is 0 Å². The SMILES string of the molecule is O=C(c1c(O)c(O)n(-c2ccc3nc[nH]c3c2)c1-c1ncc[nH]1)C1CCCCC1. The highest BCUT2D eigenvalue weighted by Gasteiger charge is 2.34. The van der Waals surface area contributed by atoms with Crippen LogP contribution in [-0.4, -0.2) is 40.5 Å². The molecule has 3 heterocycles. The van der Waals surface area contributed by atoms with Crippen LogP contribution < -0.4 is 0 Å². The summed E-state index contributed by atoms with van der Waals surface area (Å²) < 4.78 is 1.46. The van der Waals surface area contributed by atoms with Gasteiger partial charge in [0.25, 0.3) is 0 Å². The first-order valence-electron chi connectivity index (χ1n) is 9.79. The Bertz CT molecular complexity index is 1180. The molecule has 29 heavy (non-hydrogen) atoms. The zero-order valence-corrected chi connectivity index (χ0v) is 15.7. The fourth-order valence-electron chi connectivity index (χ4n) is 4.28. The number of hydrogen-bond donors (Lipinski definition) is 4. The highest BCUT2D eigenvalue weighted by atomic mass is 16.3. The third kappa shape index (κ3) is 2.79. The Morgan fingerprint density at radius 3 is 2.69 bits per heavy atom. The lowest BCUT2D eigenvalue weighted by molar-refractivity contribution is 0.0887. The van der Waals surface area contributed by atoms with Crippen molar-refractivity contribution in [1.82, 2.24) is 24.5 Å². The first-order chi connectivity index (χ1) is 14.1. The quantitative estimate of drug-likeness (QED) is 0.393. The summed E-state index contributed by atoms with van der Waals surface area (Å²) >= 11 is 0. The van der Waals surface area contributed by atoms with Gasteiger partial charge in [0, 0.05) is 18.3 Å². The molecule has 4 N–H and O–H groups in total. The van der Waals surface area contributed by atoms with Crippen LogP contribution in [0.2, 0.25) is 0 Å². The van der Waals surface area contributed by atoms with Crippen molar-refractivity contribution in [2.45, 2.75) is 32.1 Å². The van der Waals surface area contributed by atoms with Crippen molar-refractivity contribution in [2.75, 3.05) is 0 Å². The number of H-pyrrole nitrogens is 2. The van der Waals surface area contributed by atoms with E-state index in [0.29, 0.717) is 17.2 Å². The molecule has 5 rings (SSSR count). The maximum absolute atomic E-state index is 13.4. The van der Waals surface area contributed by atoms with Gasteiger partial charge >= 0.3 is 0 Å². The molecule has 0 amide bonds. The molecule has 148 valence electrons. The molecule has 1 fully saturated rings. The Hall–Kier alpha value is -3.55. The number of nitrogens with one attached hydrogen (secondary N) is 2. The second-order valence-corrected chi connectivity index (χ2v) is 7.47. The number of hydrogen-bond acceptors (Lipinski definition) is 5. The number of nitrogens with zero attached hydrogens (tertiary/aromatic N) is 3. The van der Waals surface area contributed by atoms with Gasteiger partial charge in [0.1, 0.15) is 5.69 Å². The van der Waals surface area contributed by atoms with E-state index in [1.165, 1.54) is 4.57 Å². The van der Waals surface area contributed by atoms with Crippen molar-refractivity contribution in [3.8, 4) is 28.8 Å². The zero-order chi connectivity index (χ0) is 20.0. The molecule has 8 heteroatoms. The Kier molecular flexibility index (Phi) is 4.12. The molecule has 4 aromatic rings. The summed E-state index contributed by atoms with van der Waals surface area (Å²) in [4.78, 5) is 27.9. The molecule has 1 aliphatic carbocycles. The highest BCUT2D eigenvalue weighted by Crippen LogP contribution is 2.44. The molecular formula is C21H21N5O3. The van der Waals surface area contributed by atoms with Crippen LogP contribution >= 0.6 is 0 Å². The van der Waals surface area contributed by atoms with E-state index >= 15 is 0 Å². The van der Waals surface area contributed by atoms with Crippen molar-refractivity contribution in [2.24, 2.45) is 5.92 Å². The third-order valence-electron chi connectivity index (χ3n) is 5.73. The van der Waals surface area contributed by atoms with Gasteiger partial charge < -0.3 is 20.2 Å². The number of Topliss-reactive ketones (excluding diaryl/α,β-unsaturated/α-hetero) is 1. The number of fused-ring (bicyclic) bond motifs is 1. The summed E-state index contributed by atoms with van der Waals surface area (Å²) in [5, 5.41) is 21.6. The number of rotatable bonds is 4. The lowest BCUT2D eigenvalue weighted by Gasteiger charge is -2.20. The summed E-state index contributed by atoms with van der Waals surface area (Å²) in [5.74, 6) is -0.686. The normalized spacial score (nSPS) is 15.2. The van der Waals surface area contributed by atoms with Crippen LogP contribution in [0.3, 0.4) is 0 Å². The fourth-order valence-corrected chi connectivity index (χ4v) is 4.28. The molecule has 1 aliphatic rings. The summed E-state index contributed by atoms with van der Waals surface area (Å²) in [6.45, 7) is 0. The minimum Gasteiger partial charge on any atom is -0.503 e. The maximum Gasteiger partial charge on any atom is 0.240 e. The molecule has 0 unspecified atom stereocenters. The largest absolute Gasteiger partial charge is 0.503 e. The molecular weight excluding hydrogens is 370 g/mol. The molecule has 0 saturated heterocycles. The maximum atomic E-state index is 13.4. The van der Waals surface area contributed by atoms with E-state index in [-0.39, 0.29) is 23.1 Å². The molecule has 0 bridgehead atoms. The summed E-state index contributed by atoms with van der Waals surface area (Å²) in [7, 11) is 0. The van der Waals surface area contributed by atoms with Gasteiger partial charge in [-0.25, -0.2) is 9.97 Å². The number of aromatic hydroxyl groups is 2. The highest BCUT2D eigenvalue weighted by molar-refractivity contribution is 6.06. The van der Waals surface area contributed by atoms with E-state index in [9.17, 15) is 15.0 Å². The molecule has 0 spiro atoms. The number of imidazole rings is 2. The smallest absolute Gasteiger partial charge is 0.240 e. The predicted octanol–water partition coefficient (Wildman–Crippen LogP) is 3.92. The van der Waals surface area contributed by atoms with Crippen molar-refractivity contribution in [1.29, 1.82) is 0 Å². The lowest BCUT2D eigenvalue weighted by Crippen LogP contribution is -2.18. The van der Waals surface area contributed by atoms with Crippen LogP contribution in [0, 0.1) is 5.92 Å². The molecule has 3 aromatic heterocycles. The lowest BCUT2D eigenvalue weighted by atomic mass is 9.83. The molecule has 8 nitrogen and oxygen atoms in total. The van der Waals surface area contributed by atoms with E-state index in [1.807, 2.05) is 12.1 Å². The minimum atomic E-state index is -0.406. The van der Waals surface area contributed by atoms with E-state index in [2.05, 4.69) is 19.9 Å². The first kappa shape index (κ1) is 17.5. The van der Waals surface area contributed by atoms with Crippen LogP contribution in [0.1, 0.15) is 42.5 Å². The fraction of sp³-hybridized carbons (Fsp3) is 0.286. The number of aromatic nitrogens is 5.